The third-order valence-corrected chi connectivity index (χ3v) is 3.08. The highest BCUT2D eigenvalue weighted by Crippen LogP contribution is 2.23. The quantitative estimate of drug-likeness (QED) is 0.885. The number of aromatic nitrogens is 3. The monoisotopic (exact) mass is 245 g/mol. The van der Waals surface area contributed by atoms with Gasteiger partial charge in [-0.25, -0.2) is 4.39 Å². The number of halogens is 1. The van der Waals surface area contributed by atoms with Crippen LogP contribution in [0.5, 0.6) is 0 Å². The Bertz CT molecular complexity index is 578. The largest absolute Gasteiger partial charge is 0.350 e. The van der Waals surface area contributed by atoms with Crippen LogP contribution in [0.15, 0.2) is 30.6 Å². The van der Waals surface area contributed by atoms with Gasteiger partial charge in [-0.05, 0) is 17.7 Å². The number of benzene rings is 1. The average molecular weight is 245 g/mol. The highest BCUT2D eigenvalue weighted by atomic mass is 19.1. The van der Waals surface area contributed by atoms with Gasteiger partial charge in [-0.3, -0.25) is 10.1 Å². The number of hydrogen-bond acceptors (Lipinski definition) is 3. The minimum absolute atomic E-state index is 0.295. The zero-order valence-corrected chi connectivity index (χ0v) is 9.67. The van der Waals surface area contributed by atoms with Crippen LogP contribution < -0.4 is 0 Å². The van der Waals surface area contributed by atoms with E-state index in [9.17, 15) is 4.39 Å². The van der Waals surface area contributed by atoms with Crippen LogP contribution in [-0.2, 0) is 13.1 Å². The normalized spacial score (nSPS) is 14.1. The number of rotatable bonds is 3. The van der Waals surface area contributed by atoms with Crippen molar-refractivity contribution >= 4 is 5.84 Å². The van der Waals surface area contributed by atoms with E-state index in [0.717, 1.165) is 5.56 Å². The van der Waals surface area contributed by atoms with Gasteiger partial charge in [0.2, 0.25) is 0 Å². The van der Waals surface area contributed by atoms with Crippen LogP contribution in [0.2, 0.25) is 0 Å². The van der Waals surface area contributed by atoms with Crippen molar-refractivity contribution in [2.24, 2.45) is 0 Å². The second-order valence-electron chi connectivity index (χ2n) is 4.24. The molecule has 0 fully saturated rings. The van der Waals surface area contributed by atoms with Gasteiger partial charge in [0.25, 0.3) is 0 Å². The van der Waals surface area contributed by atoms with Gasteiger partial charge in [0, 0.05) is 24.8 Å². The minimum atomic E-state index is -0.295. The fraction of sp³-hybridized carbons (Fsp3) is 0.250. The van der Waals surface area contributed by atoms with Gasteiger partial charge in [-0.1, -0.05) is 11.3 Å². The number of hydrogen-bond donors (Lipinski definition) is 1. The standard InChI is InChI=1S/C12H12FN5/c13-10-2-1-9-8-17(12(14)11(9)7-10)5-6-18-4-3-15-16-18/h1-4,7,14H,5-6,8H2. The van der Waals surface area contributed by atoms with Crippen molar-refractivity contribution in [3.05, 3.63) is 47.5 Å². The van der Waals surface area contributed by atoms with Crippen molar-refractivity contribution in [2.45, 2.75) is 13.1 Å². The molecule has 6 heteroatoms. The molecule has 0 aliphatic carbocycles. The molecule has 0 saturated heterocycles. The maximum absolute atomic E-state index is 13.1. The number of nitrogens with one attached hydrogen (secondary N) is 1. The maximum atomic E-state index is 13.1. The van der Waals surface area contributed by atoms with E-state index in [4.69, 9.17) is 5.41 Å². The van der Waals surface area contributed by atoms with Crippen molar-refractivity contribution in [2.75, 3.05) is 6.54 Å². The molecule has 0 bridgehead atoms. The summed E-state index contributed by atoms with van der Waals surface area (Å²) >= 11 is 0. The van der Waals surface area contributed by atoms with Crippen LogP contribution in [0.3, 0.4) is 0 Å². The van der Waals surface area contributed by atoms with E-state index in [0.29, 0.717) is 31.0 Å². The van der Waals surface area contributed by atoms with Gasteiger partial charge in [-0.15, -0.1) is 5.10 Å². The third kappa shape index (κ3) is 1.85. The zero-order valence-electron chi connectivity index (χ0n) is 9.67. The van der Waals surface area contributed by atoms with Gasteiger partial charge in [0.15, 0.2) is 0 Å². The fourth-order valence-corrected chi connectivity index (χ4v) is 2.13. The lowest BCUT2D eigenvalue weighted by Crippen LogP contribution is -2.28. The Morgan fingerprint density at radius 3 is 3.00 bits per heavy atom. The molecule has 1 N–H and O–H groups in total. The van der Waals surface area contributed by atoms with E-state index in [-0.39, 0.29) is 5.82 Å². The Kier molecular flexibility index (Phi) is 2.55. The first-order valence-corrected chi connectivity index (χ1v) is 5.70. The Balaban J connectivity index is 1.72. The molecule has 0 atom stereocenters. The lowest BCUT2D eigenvalue weighted by molar-refractivity contribution is 0.387. The van der Waals surface area contributed by atoms with Gasteiger partial charge < -0.3 is 4.90 Å². The van der Waals surface area contributed by atoms with E-state index in [2.05, 4.69) is 10.3 Å². The summed E-state index contributed by atoms with van der Waals surface area (Å²) in [6.45, 7) is 1.99. The van der Waals surface area contributed by atoms with Crippen LogP contribution in [0.1, 0.15) is 11.1 Å². The average Bonchev–Trinajstić information content (AvgIpc) is 2.97. The maximum Gasteiger partial charge on any atom is 0.128 e. The molecule has 0 unspecified atom stereocenters. The van der Waals surface area contributed by atoms with E-state index >= 15 is 0 Å². The molecule has 0 amide bonds. The summed E-state index contributed by atoms with van der Waals surface area (Å²) in [7, 11) is 0. The lowest BCUT2D eigenvalue weighted by atomic mass is 10.1. The molecular formula is C12H12FN5. The fourth-order valence-electron chi connectivity index (χ4n) is 2.13. The van der Waals surface area contributed by atoms with Gasteiger partial charge in [0.1, 0.15) is 11.7 Å². The van der Waals surface area contributed by atoms with E-state index in [1.54, 1.807) is 23.1 Å². The van der Waals surface area contributed by atoms with Crippen LogP contribution in [0.25, 0.3) is 0 Å². The molecule has 1 aliphatic heterocycles. The van der Waals surface area contributed by atoms with Gasteiger partial charge in [-0.2, -0.15) is 0 Å². The summed E-state index contributed by atoms with van der Waals surface area (Å²) in [5, 5.41) is 15.6. The highest BCUT2D eigenvalue weighted by Gasteiger charge is 2.24. The number of nitrogens with zero attached hydrogens (tertiary/aromatic N) is 4. The molecule has 18 heavy (non-hydrogen) atoms. The molecule has 0 spiro atoms. The Hall–Kier alpha value is -2.24. The highest BCUT2D eigenvalue weighted by molar-refractivity contribution is 6.00. The van der Waals surface area contributed by atoms with Gasteiger partial charge in [0.05, 0.1) is 12.7 Å². The third-order valence-electron chi connectivity index (χ3n) is 3.08. The van der Waals surface area contributed by atoms with Crippen molar-refractivity contribution in [3.8, 4) is 0 Å². The van der Waals surface area contributed by atoms with Crippen molar-refractivity contribution < 1.29 is 4.39 Å². The van der Waals surface area contributed by atoms with Gasteiger partial charge >= 0.3 is 0 Å². The summed E-state index contributed by atoms with van der Waals surface area (Å²) in [4.78, 5) is 1.91. The molecule has 92 valence electrons. The topological polar surface area (TPSA) is 57.8 Å². The first-order chi connectivity index (χ1) is 8.74. The summed E-state index contributed by atoms with van der Waals surface area (Å²) in [6.07, 6.45) is 3.41. The molecule has 2 heterocycles. The summed E-state index contributed by atoms with van der Waals surface area (Å²) in [5.41, 5.74) is 1.69. The Morgan fingerprint density at radius 1 is 1.33 bits per heavy atom. The van der Waals surface area contributed by atoms with Crippen molar-refractivity contribution in [3.63, 3.8) is 0 Å². The first kappa shape index (κ1) is 10.9. The molecule has 1 aliphatic rings. The predicted octanol–water partition coefficient (Wildman–Crippen LogP) is 1.26. The molecule has 1 aromatic carbocycles. The Labute approximate surface area is 103 Å². The second kappa shape index (κ2) is 4.21. The molecule has 3 rings (SSSR count). The predicted molar refractivity (Wildman–Crippen MR) is 63.7 cm³/mol. The smallest absolute Gasteiger partial charge is 0.128 e. The molecular weight excluding hydrogens is 233 g/mol. The van der Waals surface area contributed by atoms with Crippen molar-refractivity contribution in [1.82, 2.24) is 19.9 Å². The van der Waals surface area contributed by atoms with Crippen LogP contribution in [-0.4, -0.2) is 32.3 Å². The minimum Gasteiger partial charge on any atom is -0.350 e. The SMILES string of the molecule is N=C1c2cc(F)ccc2CN1CCn1ccnn1. The van der Waals surface area contributed by atoms with Crippen LogP contribution in [0, 0.1) is 11.2 Å². The van der Waals surface area contributed by atoms with Crippen LogP contribution >= 0.6 is 0 Å². The van der Waals surface area contributed by atoms with E-state index in [1.165, 1.54) is 12.1 Å². The zero-order chi connectivity index (χ0) is 12.5. The molecule has 0 radical (unpaired) electrons. The van der Waals surface area contributed by atoms with E-state index < -0.39 is 0 Å². The lowest BCUT2D eigenvalue weighted by Gasteiger charge is -2.17. The van der Waals surface area contributed by atoms with Crippen LogP contribution in [0.4, 0.5) is 4.39 Å². The Morgan fingerprint density at radius 2 is 2.22 bits per heavy atom. The molecule has 1 aromatic heterocycles. The second-order valence-corrected chi connectivity index (χ2v) is 4.24. The number of amidine groups is 1. The first-order valence-electron chi connectivity index (χ1n) is 5.70. The molecule has 2 aromatic rings. The molecule has 5 nitrogen and oxygen atoms in total. The summed E-state index contributed by atoms with van der Waals surface area (Å²) in [6, 6.07) is 4.61. The molecule has 0 saturated carbocycles. The summed E-state index contributed by atoms with van der Waals surface area (Å²) in [5.74, 6) is 0.0845. The summed E-state index contributed by atoms with van der Waals surface area (Å²) < 4.78 is 14.9. The van der Waals surface area contributed by atoms with Crippen molar-refractivity contribution in [1.29, 1.82) is 5.41 Å². The van der Waals surface area contributed by atoms with E-state index in [1.807, 2.05) is 4.90 Å². The number of fused-ring (bicyclic) bond motifs is 1.